The first-order chi connectivity index (χ1) is 11.0. The van der Waals surface area contributed by atoms with Crippen LogP contribution < -0.4 is 5.32 Å². The lowest BCUT2D eigenvalue weighted by atomic mass is 10.0. The number of benzene rings is 2. The number of carbonyl (C=O) groups excluding carboxylic acids is 1. The van der Waals surface area contributed by atoms with Crippen LogP contribution in [-0.4, -0.2) is 11.7 Å². The first-order valence-corrected chi connectivity index (χ1v) is 8.14. The van der Waals surface area contributed by atoms with E-state index in [1.807, 2.05) is 24.3 Å². The van der Waals surface area contributed by atoms with Gasteiger partial charge in [0.25, 0.3) is 5.91 Å². The van der Waals surface area contributed by atoms with E-state index in [0.29, 0.717) is 6.42 Å². The van der Waals surface area contributed by atoms with Gasteiger partial charge in [-0.25, -0.2) is 0 Å². The zero-order valence-electron chi connectivity index (χ0n) is 12.1. The molecule has 0 saturated heterocycles. The number of rotatable bonds is 2. The van der Waals surface area contributed by atoms with E-state index in [-0.39, 0.29) is 11.6 Å². The molecule has 0 aromatic heterocycles. The quantitative estimate of drug-likeness (QED) is 0.863. The average Bonchev–Trinajstić information content (AvgIpc) is 2.54. The molecule has 0 bridgehead atoms. The van der Waals surface area contributed by atoms with Crippen LogP contribution in [-0.2, 0) is 6.18 Å². The minimum absolute atomic E-state index is 0.263. The second-order valence-electron chi connectivity index (χ2n) is 5.24. The number of halogens is 3. The molecule has 0 spiro atoms. The van der Waals surface area contributed by atoms with Gasteiger partial charge in [-0.1, -0.05) is 30.3 Å². The summed E-state index contributed by atoms with van der Waals surface area (Å²) in [5.41, 5.74) is -0.284. The van der Waals surface area contributed by atoms with Gasteiger partial charge >= 0.3 is 6.18 Å². The molecule has 1 aliphatic rings. The molecule has 3 rings (SSSR count). The van der Waals surface area contributed by atoms with Crippen molar-refractivity contribution in [1.29, 1.82) is 0 Å². The van der Waals surface area contributed by atoms with Crippen LogP contribution in [0.1, 0.15) is 33.9 Å². The third-order valence-corrected chi connectivity index (χ3v) is 4.86. The highest BCUT2D eigenvalue weighted by atomic mass is 32.2. The zero-order chi connectivity index (χ0) is 16.4. The molecule has 1 aliphatic heterocycles. The van der Waals surface area contributed by atoms with Crippen molar-refractivity contribution in [3.63, 3.8) is 0 Å². The minimum Gasteiger partial charge on any atom is -0.345 e. The van der Waals surface area contributed by atoms with E-state index in [1.165, 1.54) is 18.2 Å². The fourth-order valence-corrected chi connectivity index (χ4v) is 3.78. The van der Waals surface area contributed by atoms with Gasteiger partial charge < -0.3 is 5.32 Å². The first-order valence-electron chi connectivity index (χ1n) is 7.15. The molecule has 2 nitrogen and oxygen atoms in total. The summed E-state index contributed by atoms with van der Waals surface area (Å²) in [6.45, 7) is 0. The van der Waals surface area contributed by atoms with Gasteiger partial charge in [-0.3, -0.25) is 4.79 Å². The summed E-state index contributed by atoms with van der Waals surface area (Å²) < 4.78 is 39.1. The van der Waals surface area contributed by atoms with Gasteiger partial charge in [-0.05, 0) is 30.2 Å². The Bertz CT molecular complexity index is 730. The fraction of sp³-hybridized carbons (Fsp3) is 0.235. The molecule has 0 radical (unpaired) electrons. The Morgan fingerprint density at radius 1 is 1.09 bits per heavy atom. The number of nitrogens with one attached hydrogen (secondary N) is 1. The van der Waals surface area contributed by atoms with Gasteiger partial charge in [0.15, 0.2) is 0 Å². The minimum atomic E-state index is -4.55. The number of hydrogen-bond acceptors (Lipinski definition) is 2. The van der Waals surface area contributed by atoms with Gasteiger partial charge in [0.2, 0.25) is 0 Å². The van der Waals surface area contributed by atoms with Crippen LogP contribution in [0.15, 0.2) is 53.4 Å². The third kappa shape index (κ3) is 3.37. The van der Waals surface area contributed by atoms with Gasteiger partial charge in [0.05, 0.1) is 17.2 Å². The van der Waals surface area contributed by atoms with Crippen molar-refractivity contribution >= 4 is 17.7 Å². The van der Waals surface area contributed by atoms with Crippen LogP contribution in [0.3, 0.4) is 0 Å². The molecule has 23 heavy (non-hydrogen) atoms. The number of hydrogen-bond donors (Lipinski definition) is 1. The number of fused-ring (bicyclic) bond motifs is 1. The van der Waals surface area contributed by atoms with E-state index in [2.05, 4.69) is 5.32 Å². The number of thioether (sulfide) groups is 1. The second-order valence-corrected chi connectivity index (χ2v) is 6.38. The maximum Gasteiger partial charge on any atom is 0.417 e. The predicted molar refractivity (Wildman–Crippen MR) is 83.4 cm³/mol. The largest absolute Gasteiger partial charge is 0.417 e. The van der Waals surface area contributed by atoms with E-state index < -0.39 is 17.6 Å². The van der Waals surface area contributed by atoms with Crippen molar-refractivity contribution in [3.05, 3.63) is 65.2 Å². The monoisotopic (exact) mass is 337 g/mol. The van der Waals surface area contributed by atoms with Crippen molar-refractivity contribution in [2.24, 2.45) is 0 Å². The van der Waals surface area contributed by atoms with E-state index in [1.54, 1.807) is 11.8 Å². The fourth-order valence-electron chi connectivity index (χ4n) is 2.66. The molecular formula is C17H14F3NOS. The molecule has 0 saturated carbocycles. The summed E-state index contributed by atoms with van der Waals surface area (Å²) in [6, 6.07) is 12.2. The topological polar surface area (TPSA) is 29.1 Å². The van der Waals surface area contributed by atoms with Crippen LogP contribution >= 0.6 is 11.8 Å². The third-order valence-electron chi connectivity index (χ3n) is 3.74. The molecular weight excluding hydrogens is 323 g/mol. The van der Waals surface area contributed by atoms with Gasteiger partial charge in [-0.15, -0.1) is 11.8 Å². The van der Waals surface area contributed by atoms with E-state index in [4.69, 9.17) is 0 Å². The van der Waals surface area contributed by atoms with Crippen LogP contribution in [0.2, 0.25) is 0 Å². The molecule has 6 heteroatoms. The molecule has 1 heterocycles. The van der Waals surface area contributed by atoms with E-state index in [9.17, 15) is 18.0 Å². The van der Waals surface area contributed by atoms with Crippen molar-refractivity contribution in [3.8, 4) is 0 Å². The van der Waals surface area contributed by atoms with E-state index in [0.717, 1.165) is 22.3 Å². The molecule has 2 aromatic rings. The molecule has 1 atom stereocenters. The number of amides is 1. The molecule has 1 amide bonds. The summed E-state index contributed by atoms with van der Waals surface area (Å²) in [5.74, 6) is 0.132. The molecule has 0 aliphatic carbocycles. The molecule has 0 unspecified atom stereocenters. The summed E-state index contributed by atoms with van der Waals surface area (Å²) in [5, 5.41) is 2.75. The van der Waals surface area contributed by atoms with Gasteiger partial charge in [0, 0.05) is 10.6 Å². The van der Waals surface area contributed by atoms with Crippen LogP contribution in [0.4, 0.5) is 13.2 Å². The maximum absolute atomic E-state index is 13.0. The Kier molecular flexibility index (Phi) is 4.35. The highest BCUT2D eigenvalue weighted by Gasteiger charge is 2.35. The Labute approximate surface area is 136 Å². The maximum atomic E-state index is 13.0. The summed E-state index contributed by atoms with van der Waals surface area (Å²) in [6.07, 6.45) is -3.85. The first kappa shape index (κ1) is 15.9. The Morgan fingerprint density at radius 2 is 1.78 bits per heavy atom. The van der Waals surface area contributed by atoms with Crippen LogP contribution in [0, 0.1) is 0 Å². The number of carbonyl (C=O) groups is 1. The van der Waals surface area contributed by atoms with Crippen LogP contribution in [0.25, 0.3) is 0 Å². The lowest BCUT2D eigenvalue weighted by molar-refractivity contribution is -0.137. The van der Waals surface area contributed by atoms with E-state index >= 15 is 0 Å². The highest BCUT2D eigenvalue weighted by Crippen LogP contribution is 2.36. The lowest BCUT2D eigenvalue weighted by Crippen LogP contribution is -2.32. The molecule has 120 valence electrons. The molecule has 0 fully saturated rings. The van der Waals surface area contributed by atoms with Gasteiger partial charge in [0.1, 0.15) is 0 Å². The van der Waals surface area contributed by atoms with Crippen molar-refractivity contribution < 1.29 is 18.0 Å². The Balaban J connectivity index is 1.87. The summed E-state index contributed by atoms with van der Waals surface area (Å²) >= 11 is 1.69. The SMILES string of the molecule is O=C(N[C@H]1CCSc2ccccc21)c1ccccc1C(F)(F)F. The summed E-state index contributed by atoms with van der Waals surface area (Å²) in [7, 11) is 0. The smallest absolute Gasteiger partial charge is 0.345 e. The predicted octanol–water partition coefficient (Wildman–Crippen LogP) is 4.67. The molecule has 2 aromatic carbocycles. The Hall–Kier alpha value is -1.95. The van der Waals surface area contributed by atoms with Crippen LogP contribution in [0.5, 0.6) is 0 Å². The van der Waals surface area contributed by atoms with Gasteiger partial charge in [-0.2, -0.15) is 13.2 Å². The Morgan fingerprint density at radius 3 is 2.57 bits per heavy atom. The number of alkyl halides is 3. The second kappa shape index (κ2) is 6.28. The zero-order valence-corrected chi connectivity index (χ0v) is 12.9. The summed E-state index contributed by atoms with van der Waals surface area (Å²) in [4.78, 5) is 13.4. The normalized spacial score (nSPS) is 17.4. The lowest BCUT2D eigenvalue weighted by Gasteiger charge is -2.26. The van der Waals surface area contributed by atoms with Crippen molar-refractivity contribution in [1.82, 2.24) is 5.32 Å². The van der Waals surface area contributed by atoms with Crippen molar-refractivity contribution in [2.45, 2.75) is 23.5 Å². The molecule has 1 N–H and O–H groups in total. The van der Waals surface area contributed by atoms with Crippen molar-refractivity contribution in [2.75, 3.05) is 5.75 Å². The standard InChI is InChI=1S/C17H14F3NOS/c18-17(19,20)13-7-3-1-5-11(13)16(22)21-14-9-10-23-15-8-4-2-6-12(14)15/h1-8,14H,9-10H2,(H,21,22)/t14-/m0/s1. The highest BCUT2D eigenvalue weighted by molar-refractivity contribution is 7.99. The average molecular weight is 337 g/mol.